The first-order valence-corrected chi connectivity index (χ1v) is 6.47. The van der Waals surface area contributed by atoms with Crippen molar-refractivity contribution in [1.82, 2.24) is 0 Å². The van der Waals surface area contributed by atoms with Gasteiger partial charge in [0.25, 0.3) is 5.91 Å². The molecule has 0 aromatic heterocycles. The van der Waals surface area contributed by atoms with Crippen molar-refractivity contribution in [3.63, 3.8) is 0 Å². The van der Waals surface area contributed by atoms with E-state index in [0.29, 0.717) is 11.8 Å². The van der Waals surface area contributed by atoms with Gasteiger partial charge < -0.3 is 10.1 Å². The van der Waals surface area contributed by atoms with E-state index in [1.54, 1.807) is 24.3 Å². The van der Waals surface area contributed by atoms with Gasteiger partial charge in [0.2, 0.25) is 0 Å². The highest BCUT2D eigenvalue weighted by atomic mass is 79.9. The summed E-state index contributed by atoms with van der Waals surface area (Å²) in [6, 6.07) is 9.86. The Kier molecular flexibility index (Phi) is 4.68. The Hall–Kier alpha value is -1.95. The number of benzene rings is 2. The SMILES string of the molecule is O=C(COc1ccc(F)cc1F)Nc1ccc(Br)cc1. The van der Waals surface area contributed by atoms with Gasteiger partial charge in [0.1, 0.15) is 5.82 Å². The number of halogens is 3. The average molecular weight is 342 g/mol. The first-order valence-electron chi connectivity index (χ1n) is 5.68. The summed E-state index contributed by atoms with van der Waals surface area (Å²) in [5, 5.41) is 2.59. The van der Waals surface area contributed by atoms with Gasteiger partial charge in [-0.2, -0.15) is 0 Å². The maximum Gasteiger partial charge on any atom is 0.262 e. The fourth-order valence-electron chi connectivity index (χ4n) is 1.47. The highest BCUT2D eigenvalue weighted by molar-refractivity contribution is 9.10. The van der Waals surface area contributed by atoms with Crippen molar-refractivity contribution in [3.05, 3.63) is 58.6 Å². The number of nitrogens with one attached hydrogen (secondary N) is 1. The molecule has 104 valence electrons. The monoisotopic (exact) mass is 341 g/mol. The second-order valence-electron chi connectivity index (χ2n) is 3.92. The largest absolute Gasteiger partial charge is 0.481 e. The van der Waals surface area contributed by atoms with Crippen molar-refractivity contribution < 1.29 is 18.3 Å². The van der Waals surface area contributed by atoms with E-state index in [-0.39, 0.29) is 12.4 Å². The van der Waals surface area contributed by atoms with Crippen LogP contribution in [0.15, 0.2) is 46.9 Å². The van der Waals surface area contributed by atoms with E-state index < -0.39 is 17.5 Å². The Labute approximate surface area is 122 Å². The van der Waals surface area contributed by atoms with Crippen LogP contribution in [0.25, 0.3) is 0 Å². The molecule has 0 fully saturated rings. The van der Waals surface area contributed by atoms with Crippen LogP contribution in [0, 0.1) is 11.6 Å². The van der Waals surface area contributed by atoms with Crippen molar-refractivity contribution in [2.75, 3.05) is 11.9 Å². The second kappa shape index (κ2) is 6.47. The highest BCUT2D eigenvalue weighted by Crippen LogP contribution is 2.18. The van der Waals surface area contributed by atoms with Crippen LogP contribution >= 0.6 is 15.9 Å². The molecule has 0 aliphatic heterocycles. The van der Waals surface area contributed by atoms with E-state index in [1.165, 1.54) is 0 Å². The summed E-state index contributed by atoms with van der Waals surface area (Å²) in [6.07, 6.45) is 0. The van der Waals surface area contributed by atoms with Crippen molar-refractivity contribution >= 4 is 27.5 Å². The number of carbonyl (C=O) groups excluding carboxylic acids is 1. The first-order chi connectivity index (χ1) is 9.54. The number of carbonyl (C=O) groups is 1. The van der Waals surface area contributed by atoms with E-state index >= 15 is 0 Å². The predicted octanol–water partition coefficient (Wildman–Crippen LogP) is 3.74. The molecule has 20 heavy (non-hydrogen) atoms. The zero-order valence-corrected chi connectivity index (χ0v) is 11.8. The summed E-state index contributed by atoms with van der Waals surface area (Å²) in [6.45, 7) is -0.362. The molecule has 2 aromatic rings. The van der Waals surface area contributed by atoms with Gasteiger partial charge in [-0.3, -0.25) is 4.79 Å². The fourth-order valence-corrected chi connectivity index (χ4v) is 1.73. The molecule has 0 aliphatic rings. The molecule has 2 rings (SSSR count). The van der Waals surface area contributed by atoms with Crippen LogP contribution in [0.3, 0.4) is 0 Å². The Balaban J connectivity index is 1.90. The van der Waals surface area contributed by atoms with E-state index in [1.807, 2.05) is 0 Å². The number of ether oxygens (including phenoxy) is 1. The van der Waals surface area contributed by atoms with Crippen LogP contribution in [0.1, 0.15) is 0 Å². The molecule has 2 aromatic carbocycles. The normalized spacial score (nSPS) is 10.2. The van der Waals surface area contributed by atoms with Gasteiger partial charge in [-0.1, -0.05) is 15.9 Å². The molecule has 6 heteroatoms. The molecule has 0 unspecified atom stereocenters. The minimum Gasteiger partial charge on any atom is -0.481 e. The zero-order chi connectivity index (χ0) is 14.5. The van der Waals surface area contributed by atoms with Gasteiger partial charge in [0, 0.05) is 16.2 Å². The molecule has 0 bridgehead atoms. The number of hydrogen-bond acceptors (Lipinski definition) is 2. The number of rotatable bonds is 4. The summed E-state index contributed by atoms with van der Waals surface area (Å²) < 4.78 is 31.8. The van der Waals surface area contributed by atoms with Crippen molar-refractivity contribution in [2.45, 2.75) is 0 Å². The molecule has 3 nitrogen and oxygen atoms in total. The van der Waals surface area contributed by atoms with Crippen LogP contribution in [-0.2, 0) is 4.79 Å². The maximum atomic E-state index is 13.3. The van der Waals surface area contributed by atoms with Crippen LogP contribution in [0.2, 0.25) is 0 Å². The number of anilines is 1. The predicted molar refractivity (Wildman–Crippen MR) is 74.6 cm³/mol. The third kappa shape index (κ3) is 4.03. The quantitative estimate of drug-likeness (QED) is 0.919. The molecule has 0 heterocycles. The maximum absolute atomic E-state index is 13.3. The Morgan fingerprint density at radius 2 is 1.85 bits per heavy atom. The summed E-state index contributed by atoms with van der Waals surface area (Å²) in [5.41, 5.74) is 0.598. The number of amides is 1. The lowest BCUT2D eigenvalue weighted by atomic mass is 10.3. The van der Waals surface area contributed by atoms with Crippen molar-refractivity contribution in [1.29, 1.82) is 0 Å². The molecule has 0 saturated heterocycles. The molecule has 0 aliphatic carbocycles. The molecular formula is C14H10BrF2NO2. The Morgan fingerprint density at radius 1 is 1.15 bits per heavy atom. The van der Waals surface area contributed by atoms with E-state index in [9.17, 15) is 13.6 Å². The van der Waals surface area contributed by atoms with Gasteiger partial charge in [-0.15, -0.1) is 0 Å². The Morgan fingerprint density at radius 3 is 2.50 bits per heavy atom. The average Bonchev–Trinajstić information content (AvgIpc) is 2.40. The second-order valence-corrected chi connectivity index (χ2v) is 4.83. The van der Waals surface area contributed by atoms with Gasteiger partial charge in [0.15, 0.2) is 18.2 Å². The number of hydrogen-bond donors (Lipinski definition) is 1. The smallest absolute Gasteiger partial charge is 0.262 e. The summed E-state index contributed by atoms with van der Waals surface area (Å²) in [5.74, 6) is -2.15. The fraction of sp³-hybridized carbons (Fsp3) is 0.0714. The summed E-state index contributed by atoms with van der Waals surface area (Å²) in [4.78, 5) is 11.6. The van der Waals surface area contributed by atoms with Gasteiger partial charge >= 0.3 is 0 Å². The van der Waals surface area contributed by atoms with Crippen LogP contribution in [0.4, 0.5) is 14.5 Å². The lowest BCUT2D eigenvalue weighted by molar-refractivity contribution is -0.118. The van der Waals surface area contributed by atoms with E-state index in [0.717, 1.165) is 16.6 Å². The van der Waals surface area contributed by atoms with Crippen molar-refractivity contribution in [3.8, 4) is 5.75 Å². The minimum atomic E-state index is -0.846. The topological polar surface area (TPSA) is 38.3 Å². The van der Waals surface area contributed by atoms with Gasteiger partial charge in [-0.05, 0) is 36.4 Å². The standard InChI is InChI=1S/C14H10BrF2NO2/c15-9-1-4-11(5-2-9)18-14(19)8-20-13-6-3-10(16)7-12(13)17/h1-7H,8H2,(H,18,19). The highest BCUT2D eigenvalue weighted by Gasteiger charge is 2.08. The third-order valence-electron chi connectivity index (χ3n) is 2.38. The van der Waals surface area contributed by atoms with Crippen LogP contribution in [0.5, 0.6) is 5.75 Å². The molecule has 0 atom stereocenters. The van der Waals surface area contributed by atoms with Gasteiger partial charge in [0.05, 0.1) is 0 Å². The first kappa shape index (κ1) is 14.5. The minimum absolute atomic E-state index is 0.169. The molecular weight excluding hydrogens is 332 g/mol. The van der Waals surface area contributed by atoms with Crippen LogP contribution in [-0.4, -0.2) is 12.5 Å². The van der Waals surface area contributed by atoms with E-state index in [4.69, 9.17) is 4.74 Å². The summed E-state index contributed by atoms with van der Waals surface area (Å²) >= 11 is 3.28. The zero-order valence-electron chi connectivity index (χ0n) is 10.2. The molecule has 1 amide bonds. The van der Waals surface area contributed by atoms with Crippen LogP contribution < -0.4 is 10.1 Å². The van der Waals surface area contributed by atoms with Crippen molar-refractivity contribution in [2.24, 2.45) is 0 Å². The third-order valence-corrected chi connectivity index (χ3v) is 2.91. The molecule has 0 radical (unpaired) electrons. The summed E-state index contributed by atoms with van der Waals surface area (Å²) in [7, 11) is 0. The Bertz CT molecular complexity index is 617. The molecule has 1 N–H and O–H groups in total. The lowest BCUT2D eigenvalue weighted by Gasteiger charge is -2.08. The van der Waals surface area contributed by atoms with E-state index in [2.05, 4.69) is 21.2 Å². The van der Waals surface area contributed by atoms with Gasteiger partial charge in [-0.25, -0.2) is 8.78 Å². The lowest BCUT2D eigenvalue weighted by Crippen LogP contribution is -2.20. The molecule has 0 saturated carbocycles. The molecule has 0 spiro atoms.